The Morgan fingerprint density at radius 2 is 1.96 bits per heavy atom. The van der Waals surface area contributed by atoms with Gasteiger partial charge in [-0.15, -0.1) is 5.10 Å². The summed E-state index contributed by atoms with van der Waals surface area (Å²) in [5, 5.41) is 8.81. The van der Waals surface area contributed by atoms with Crippen LogP contribution in [0, 0.1) is 3.95 Å². The van der Waals surface area contributed by atoms with Crippen molar-refractivity contribution in [1.29, 1.82) is 0 Å². The molecule has 0 aliphatic carbocycles. The van der Waals surface area contributed by atoms with Crippen LogP contribution in [0.2, 0.25) is 0 Å². The van der Waals surface area contributed by atoms with Gasteiger partial charge in [-0.2, -0.15) is 0 Å². The Morgan fingerprint density at radius 3 is 2.54 bits per heavy atom. The lowest BCUT2D eigenvalue weighted by atomic mass is 10.1. The van der Waals surface area contributed by atoms with Crippen molar-refractivity contribution in [2.75, 3.05) is 19.0 Å². The fraction of sp³-hybridized carbons (Fsp3) is 0.529. The fourth-order valence-corrected chi connectivity index (χ4v) is 3.42. The topological polar surface area (TPSA) is 42.3 Å². The first kappa shape index (κ1) is 18.9. The average Bonchev–Trinajstić information content (AvgIpc) is 2.78. The summed E-state index contributed by atoms with van der Waals surface area (Å²) in [6.45, 7) is 10.5. The minimum Gasteiger partial charge on any atom is -0.494 e. The van der Waals surface area contributed by atoms with Gasteiger partial charge in [-0.25, -0.2) is 4.68 Å². The molecule has 0 saturated heterocycles. The Morgan fingerprint density at radius 1 is 1.29 bits per heavy atom. The summed E-state index contributed by atoms with van der Waals surface area (Å²) < 4.78 is 8.11. The number of rotatable bonds is 7. The maximum absolute atomic E-state index is 5.47. The van der Waals surface area contributed by atoms with Gasteiger partial charge in [-0.1, -0.05) is 23.5 Å². The predicted octanol–water partition coefficient (Wildman–Crippen LogP) is 4.37. The zero-order valence-corrected chi connectivity index (χ0v) is 16.6. The van der Waals surface area contributed by atoms with Gasteiger partial charge >= 0.3 is 0 Å². The number of ether oxygens (including phenoxy) is 1. The Kier molecular flexibility index (Phi) is 6.37. The lowest BCUT2D eigenvalue weighted by molar-refractivity contribution is 0.245. The highest BCUT2D eigenvalue weighted by Crippen LogP contribution is 2.19. The van der Waals surface area contributed by atoms with E-state index in [4.69, 9.17) is 17.0 Å². The van der Waals surface area contributed by atoms with Gasteiger partial charge in [0.15, 0.2) is 3.95 Å². The molecule has 7 heteroatoms. The van der Waals surface area contributed by atoms with E-state index in [0.29, 0.717) is 13.3 Å². The summed E-state index contributed by atoms with van der Waals surface area (Å²) in [4.78, 5) is 2.19. The van der Waals surface area contributed by atoms with Gasteiger partial charge < -0.3 is 10.1 Å². The van der Waals surface area contributed by atoms with Crippen LogP contribution < -0.4 is 10.1 Å². The molecule has 0 spiro atoms. The molecule has 0 amide bonds. The molecule has 132 valence electrons. The third kappa shape index (κ3) is 5.89. The van der Waals surface area contributed by atoms with Crippen LogP contribution in [0.25, 0.3) is 0 Å². The first-order chi connectivity index (χ1) is 11.3. The van der Waals surface area contributed by atoms with Crippen LogP contribution in [0.15, 0.2) is 24.3 Å². The molecule has 0 fully saturated rings. The quantitative estimate of drug-likeness (QED) is 0.737. The second-order valence-electron chi connectivity index (χ2n) is 6.78. The molecular formula is C17H26N4OS2. The second kappa shape index (κ2) is 8.09. The van der Waals surface area contributed by atoms with Crippen LogP contribution in [0.1, 0.15) is 33.3 Å². The van der Waals surface area contributed by atoms with Gasteiger partial charge in [0.2, 0.25) is 5.13 Å². The second-order valence-corrected chi connectivity index (χ2v) is 8.40. The first-order valence-corrected chi connectivity index (χ1v) is 9.26. The molecule has 1 N–H and O–H groups in total. The maximum Gasteiger partial charge on any atom is 0.205 e. The van der Waals surface area contributed by atoms with Crippen molar-refractivity contribution < 1.29 is 4.74 Å². The number of benzene rings is 1. The van der Waals surface area contributed by atoms with E-state index in [1.807, 2.05) is 23.7 Å². The molecule has 0 atom stereocenters. The van der Waals surface area contributed by atoms with Crippen molar-refractivity contribution in [3.8, 4) is 5.75 Å². The van der Waals surface area contributed by atoms with Crippen LogP contribution in [-0.4, -0.2) is 33.9 Å². The molecule has 1 aromatic heterocycles. The van der Waals surface area contributed by atoms with Crippen LogP contribution in [0.3, 0.4) is 0 Å². The summed E-state index contributed by atoms with van der Waals surface area (Å²) in [6.07, 6.45) is 0. The van der Waals surface area contributed by atoms with Crippen molar-refractivity contribution in [3.63, 3.8) is 0 Å². The Labute approximate surface area is 153 Å². The number of hydrogen-bond donors (Lipinski definition) is 1. The van der Waals surface area contributed by atoms with E-state index < -0.39 is 0 Å². The molecule has 2 rings (SSSR count). The Bertz CT molecular complexity index is 701. The van der Waals surface area contributed by atoms with Crippen molar-refractivity contribution in [3.05, 3.63) is 33.8 Å². The monoisotopic (exact) mass is 366 g/mol. The van der Waals surface area contributed by atoms with Crippen LogP contribution >= 0.6 is 23.6 Å². The van der Waals surface area contributed by atoms with Gasteiger partial charge in [0.1, 0.15) is 5.75 Å². The van der Waals surface area contributed by atoms with E-state index in [2.05, 4.69) is 55.3 Å². The molecule has 2 aromatic rings. The first-order valence-electron chi connectivity index (χ1n) is 8.03. The highest BCUT2D eigenvalue weighted by molar-refractivity contribution is 7.73. The Hall–Kier alpha value is -1.44. The molecule has 0 aliphatic rings. The lowest BCUT2D eigenvalue weighted by Gasteiger charge is -2.19. The van der Waals surface area contributed by atoms with E-state index in [1.54, 1.807) is 0 Å². The fourth-order valence-electron chi connectivity index (χ4n) is 2.22. The molecule has 0 saturated carbocycles. The van der Waals surface area contributed by atoms with E-state index >= 15 is 0 Å². The van der Waals surface area contributed by atoms with Gasteiger partial charge in [-0.05, 0) is 64.7 Å². The van der Waals surface area contributed by atoms with Crippen LogP contribution in [0.4, 0.5) is 5.13 Å². The normalized spacial score (nSPS) is 11.8. The zero-order valence-electron chi connectivity index (χ0n) is 15.0. The minimum atomic E-state index is -0.0222. The van der Waals surface area contributed by atoms with Gasteiger partial charge in [0.25, 0.3) is 0 Å². The molecule has 5 nitrogen and oxygen atoms in total. The molecule has 0 unspecified atom stereocenters. The molecule has 24 heavy (non-hydrogen) atoms. The van der Waals surface area contributed by atoms with Crippen molar-refractivity contribution in [1.82, 2.24) is 14.7 Å². The summed E-state index contributed by atoms with van der Waals surface area (Å²) in [7, 11) is 2.06. The largest absolute Gasteiger partial charge is 0.494 e. The minimum absolute atomic E-state index is 0.0222. The highest BCUT2D eigenvalue weighted by Gasteiger charge is 2.13. The standard InChI is InChI=1S/C17H26N4OS2/c1-6-22-14-9-7-13(8-10-14)11-20(5)12-21-16(23)24-15(19-21)18-17(2,3)4/h7-10H,6,11-12H2,1-5H3,(H,18,19). The summed E-state index contributed by atoms with van der Waals surface area (Å²) in [5.74, 6) is 0.906. The van der Waals surface area contributed by atoms with Gasteiger partial charge in [0, 0.05) is 12.1 Å². The Balaban J connectivity index is 1.96. The maximum atomic E-state index is 5.47. The number of hydrogen-bond acceptors (Lipinski definition) is 6. The van der Waals surface area contributed by atoms with E-state index in [-0.39, 0.29) is 5.54 Å². The number of aromatic nitrogens is 2. The summed E-state index contributed by atoms with van der Waals surface area (Å²) in [5.41, 5.74) is 1.21. The molecule has 1 aromatic carbocycles. The van der Waals surface area contributed by atoms with Crippen molar-refractivity contribution in [2.45, 2.75) is 46.4 Å². The average molecular weight is 367 g/mol. The van der Waals surface area contributed by atoms with Crippen molar-refractivity contribution in [2.24, 2.45) is 0 Å². The van der Waals surface area contributed by atoms with Crippen molar-refractivity contribution >= 4 is 28.7 Å². The van der Waals surface area contributed by atoms with E-state index in [1.165, 1.54) is 16.9 Å². The smallest absolute Gasteiger partial charge is 0.205 e. The van der Waals surface area contributed by atoms with Crippen LogP contribution in [0.5, 0.6) is 5.75 Å². The number of nitrogens with one attached hydrogen (secondary N) is 1. The number of nitrogens with zero attached hydrogens (tertiary/aromatic N) is 3. The molecule has 0 radical (unpaired) electrons. The summed E-state index contributed by atoms with van der Waals surface area (Å²) >= 11 is 6.94. The highest BCUT2D eigenvalue weighted by atomic mass is 32.1. The third-order valence-electron chi connectivity index (χ3n) is 3.15. The van der Waals surface area contributed by atoms with E-state index in [0.717, 1.165) is 21.4 Å². The zero-order chi connectivity index (χ0) is 17.7. The third-order valence-corrected chi connectivity index (χ3v) is 4.37. The van der Waals surface area contributed by atoms with Gasteiger partial charge in [-0.3, -0.25) is 4.90 Å². The predicted molar refractivity (Wildman–Crippen MR) is 103 cm³/mol. The number of anilines is 1. The SMILES string of the molecule is CCOc1ccc(CN(C)Cn2nc(NC(C)(C)C)sc2=S)cc1. The van der Waals surface area contributed by atoms with Crippen LogP contribution in [-0.2, 0) is 13.2 Å². The molecular weight excluding hydrogens is 340 g/mol. The molecule has 0 aliphatic heterocycles. The van der Waals surface area contributed by atoms with Gasteiger partial charge in [0.05, 0.1) is 13.3 Å². The molecule has 1 heterocycles. The molecule has 0 bridgehead atoms. The van der Waals surface area contributed by atoms with E-state index in [9.17, 15) is 0 Å². The summed E-state index contributed by atoms with van der Waals surface area (Å²) in [6, 6.07) is 8.20. The lowest BCUT2D eigenvalue weighted by Crippen LogP contribution is -2.26.